The maximum atomic E-state index is 11.8. The Morgan fingerprint density at radius 1 is 1.47 bits per heavy atom. The topological polar surface area (TPSA) is 64.7 Å². The summed E-state index contributed by atoms with van der Waals surface area (Å²) in [6, 6.07) is 1.89. The lowest BCUT2D eigenvalue weighted by molar-refractivity contribution is -0.121. The molecule has 0 unspecified atom stereocenters. The fourth-order valence-corrected chi connectivity index (χ4v) is 2.11. The molecule has 19 heavy (non-hydrogen) atoms. The van der Waals surface area contributed by atoms with Gasteiger partial charge in [-0.25, -0.2) is 0 Å². The summed E-state index contributed by atoms with van der Waals surface area (Å²) in [5.41, 5.74) is 2.08. The van der Waals surface area contributed by atoms with Crippen LogP contribution in [0.2, 0.25) is 0 Å². The van der Waals surface area contributed by atoms with Gasteiger partial charge in [-0.3, -0.25) is 14.2 Å². The number of amides is 1. The van der Waals surface area contributed by atoms with Crippen LogP contribution in [0.5, 0.6) is 0 Å². The average molecular weight is 373 g/mol. The maximum absolute atomic E-state index is 11.8. The van der Waals surface area contributed by atoms with Crippen molar-refractivity contribution in [3.05, 3.63) is 33.4 Å². The molecular weight excluding hydrogens is 357 g/mol. The SMILES string of the molecule is Cc1c(I)cnn1CCC(=O)NCc1ccnn1C. The number of hydrogen-bond acceptors (Lipinski definition) is 3. The molecule has 102 valence electrons. The number of hydrogen-bond donors (Lipinski definition) is 1. The predicted octanol–water partition coefficient (Wildman–Crippen LogP) is 1.24. The van der Waals surface area contributed by atoms with Gasteiger partial charge in [-0.05, 0) is 35.6 Å². The standard InChI is InChI=1S/C12H16IN5O/c1-9-11(13)8-16-18(9)6-4-12(19)14-7-10-3-5-15-17(10)2/h3,5,8H,4,6-7H2,1-2H3,(H,14,19). The van der Waals surface area contributed by atoms with E-state index in [4.69, 9.17) is 0 Å². The summed E-state index contributed by atoms with van der Waals surface area (Å²) in [5, 5.41) is 11.2. The van der Waals surface area contributed by atoms with Crippen LogP contribution < -0.4 is 5.32 Å². The summed E-state index contributed by atoms with van der Waals surface area (Å²) < 4.78 is 4.72. The number of halogens is 1. The zero-order valence-electron chi connectivity index (χ0n) is 10.9. The number of carbonyl (C=O) groups is 1. The van der Waals surface area contributed by atoms with E-state index in [0.29, 0.717) is 19.5 Å². The molecule has 0 bridgehead atoms. The van der Waals surface area contributed by atoms with Crippen LogP contribution in [-0.2, 0) is 24.9 Å². The van der Waals surface area contributed by atoms with Gasteiger partial charge in [0.1, 0.15) is 0 Å². The first-order valence-corrected chi connectivity index (χ1v) is 7.07. The molecule has 2 aromatic heterocycles. The van der Waals surface area contributed by atoms with Gasteiger partial charge in [-0.2, -0.15) is 10.2 Å². The zero-order valence-corrected chi connectivity index (χ0v) is 13.1. The molecule has 0 saturated carbocycles. The van der Waals surface area contributed by atoms with E-state index in [1.165, 1.54) is 0 Å². The minimum absolute atomic E-state index is 0.0195. The Hall–Kier alpha value is -1.38. The second-order valence-electron chi connectivity index (χ2n) is 4.27. The fraction of sp³-hybridized carbons (Fsp3) is 0.417. The Morgan fingerprint density at radius 2 is 2.26 bits per heavy atom. The Bertz CT molecular complexity index is 574. The smallest absolute Gasteiger partial charge is 0.222 e. The summed E-state index contributed by atoms with van der Waals surface area (Å²) in [6.45, 7) is 3.11. The first-order valence-electron chi connectivity index (χ1n) is 5.99. The van der Waals surface area contributed by atoms with Crippen molar-refractivity contribution in [2.75, 3.05) is 0 Å². The summed E-state index contributed by atoms with van der Waals surface area (Å²) >= 11 is 2.24. The molecule has 0 radical (unpaired) electrons. The van der Waals surface area contributed by atoms with Crippen LogP contribution in [0, 0.1) is 10.5 Å². The van der Waals surface area contributed by atoms with E-state index in [1.807, 2.05) is 30.9 Å². The molecule has 0 spiro atoms. The molecule has 1 N–H and O–H groups in total. The second-order valence-corrected chi connectivity index (χ2v) is 5.44. The van der Waals surface area contributed by atoms with E-state index in [1.54, 1.807) is 10.9 Å². The van der Waals surface area contributed by atoms with E-state index >= 15 is 0 Å². The van der Waals surface area contributed by atoms with Gasteiger partial charge in [0.25, 0.3) is 0 Å². The molecule has 1 amide bonds. The maximum Gasteiger partial charge on any atom is 0.222 e. The van der Waals surface area contributed by atoms with Crippen molar-refractivity contribution in [3.8, 4) is 0 Å². The van der Waals surface area contributed by atoms with Gasteiger partial charge in [-0.15, -0.1) is 0 Å². The highest BCUT2D eigenvalue weighted by Crippen LogP contribution is 2.09. The molecule has 2 rings (SSSR count). The van der Waals surface area contributed by atoms with Gasteiger partial charge in [0.15, 0.2) is 0 Å². The van der Waals surface area contributed by atoms with Crippen LogP contribution in [0.4, 0.5) is 0 Å². The molecule has 0 fully saturated rings. The minimum atomic E-state index is 0.0195. The third kappa shape index (κ3) is 3.55. The number of nitrogens with zero attached hydrogens (tertiary/aromatic N) is 4. The molecule has 0 aliphatic rings. The predicted molar refractivity (Wildman–Crippen MR) is 79.4 cm³/mol. The number of aromatic nitrogens is 4. The summed E-state index contributed by atoms with van der Waals surface area (Å²) in [4.78, 5) is 11.8. The highest BCUT2D eigenvalue weighted by atomic mass is 127. The highest BCUT2D eigenvalue weighted by Gasteiger charge is 2.07. The first kappa shape index (κ1) is 14.0. The lowest BCUT2D eigenvalue weighted by Gasteiger charge is -2.07. The van der Waals surface area contributed by atoms with Crippen molar-refractivity contribution < 1.29 is 4.79 Å². The molecule has 0 atom stereocenters. The Balaban J connectivity index is 1.79. The van der Waals surface area contributed by atoms with Gasteiger partial charge in [0.2, 0.25) is 5.91 Å². The van der Waals surface area contributed by atoms with Crippen LogP contribution in [0.25, 0.3) is 0 Å². The molecule has 0 aliphatic carbocycles. The molecule has 0 aromatic carbocycles. The van der Waals surface area contributed by atoms with Crippen LogP contribution in [-0.4, -0.2) is 25.5 Å². The number of rotatable bonds is 5. The normalized spacial score (nSPS) is 10.7. The Morgan fingerprint density at radius 3 is 2.84 bits per heavy atom. The van der Waals surface area contributed by atoms with Crippen LogP contribution in [0.15, 0.2) is 18.5 Å². The fourth-order valence-electron chi connectivity index (χ4n) is 1.71. The van der Waals surface area contributed by atoms with Crippen LogP contribution >= 0.6 is 22.6 Å². The van der Waals surface area contributed by atoms with Crippen LogP contribution in [0.3, 0.4) is 0 Å². The largest absolute Gasteiger partial charge is 0.350 e. The van der Waals surface area contributed by atoms with E-state index in [-0.39, 0.29) is 5.91 Å². The molecule has 0 aliphatic heterocycles. The Labute approximate surface area is 125 Å². The van der Waals surface area contributed by atoms with Crippen molar-refractivity contribution in [1.29, 1.82) is 0 Å². The molecule has 0 saturated heterocycles. The van der Waals surface area contributed by atoms with Gasteiger partial charge in [-0.1, -0.05) is 0 Å². The number of carbonyl (C=O) groups excluding carboxylic acids is 1. The van der Waals surface area contributed by atoms with Crippen LogP contribution in [0.1, 0.15) is 17.8 Å². The van der Waals surface area contributed by atoms with Crippen molar-refractivity contribution in [1.82, 2.24) is 24.9 Å². The average Bonchev–Trinajstić information content (AvgIpc) is 2.93. The minimum Gasteiger partial charge on any atom is -0.350 e. The van der Waals surface area contributed by atoms with E-state index in [0.717, 1.165) is 15.0 Å². The summed E-state index contributed by atoms with van der Waals surface area (Å²) in [6.07, 6.45) is 3.95. The van der Waals surface area contributed by atoms with Crippen molar-refractivity contribution in [3.63, 3.8) is 0 Å². The van der Waals surface area contributed by atoms with Gasteiger partial charge < -0.3 is 5.32 Å². The molecule has 7 heteroatoms. The lowest BCUT2D eigenvalue weighted by Crippen LogP contribution is -2.25. The third-order valence-electron chi connectivity index (χ3n) is 2.98. The van der Waals surface area contributed by atoms with E-state index in [9.17, 15) is 4.79 Å². The zero-order chi connectivity index (χ0) is 13.8. The first-order chi connectivity index (χ1) is 9.08. The quantitative estimate of drug-likeness (QED) is 0.803. The highest BCUT2D eigenvalue weighted by molar-refractivity contribution is 14.1. The molecule has 2 aromatic rings. The Kier molecular flexibility index (Phi) is 4.56. The van der Waals surface area contributed by atoms with Gasteiger partial charge in [0.05, 0.1) is 22.0 Å². The number of aryl methyl sites for hydroxylation is 2. The summed E-state index contributed by atoms with van der Waals surface area (Å²) in [7, 11) is 1.86. The second kappa shape index (κ2) is 6.18. The lowest BCUT2D eigenvalue weighted by atomic mass is 10.3. The van der Waals surface area contributed by atoms with Gasteiger partial charge >= 0.3 is 0 Å². The van der Waals surface area contributed by atoms with Crippen molar-refractivity contribution in [2.24, 2.45) is 7.05 Å². The van der Waals surface area contributed by atoms with Gasteiger partial charge in [0, 0.05) is 31.9 Å². The monoisotopic (exact) mass is 373 g/mol. The molecule has 6 nitrogen and oxygen atoms in total. The van der Waals surface area contributed by atoms with E-state index < -0.39 is 0 Å². The van der Waals surface area contributed by atoms with Crippen molar-refractivity contribution >= 4 is 28.5 Å². The molecular formula is C12H16IN5O. The van der Waals surface area contributed by atoms with Crippen molar-refractivity contribution in [2.45, 2.75) is 26.4 Å². The number of nitrogens with one attached hydrogen (secondary N) is 1. The molecule has 2 heterocycles. The third-order valence-corrected chi connectivity index (χ3v) is 4.04. The summed E-state index contributed by atoms with van der Waals surface area (Å²) in [5.74, 6) is 0.0195. The van der Waals surface area contributed by atoms with E-state index in [2.05, 4.69) is 38.1 Å².